The molecule has 2 aliphatic rings. The van der Waals surface area contributed by atoms with Crippen molar-refractivity contribution in [3.05, 3.63) is 17.0 Å². The molecule has 0 amide bonds. The minimum atomic E-state index is -3.32. The Labute approximate surface area is 124 Å². The van der Waals surface area contributed by atoms with E-state index in [4.69, 9.17) is 5.73 Å². The fourth-order valence-corrected chi connectivity index (χ4v) is 5.92. The van der Waals surface area contributed by atoms with Crippen molar-refractivity contribution in [3.63, 3.8) is 0 Å². The van der Waals surface area contributed by atoms with E-state index in [1.165, 1.54) is 24.2 Å². The Morgan fingerprint density at radius 3 is 2.70 bits per heavy atom. The molecule has 2 saturated heterocycles. The van der Waals surface area contributed by atoms with Gasteiger partial charge in [0.1, 0.15) is 4.21 Å². The molecule has 7 heteroatoms. The summed E-state index contributed by atoms with van der Waals surface area (Å²) < 4.78 is 27.3. The highest BCUT2D eigenvalue weighted by Gasteiger charge is 2.36. The van der Waals surface area contributed by atoms with Crippen LogP contribution in [-0.2, 0) is 16.6 Å². The zero-order valence-corrected chi connectivity index (χ0v) is 13.1. The van der Waals surface area contributed by atoms with Crippen LogP contribution in [0.3, 0.4) is 0 Å². The normalized spacial score (nSPS) is 25.6. The topological polar surface area (TPSA) is 66.6 Å². The van der Waals surface area contributed by atoms with Crippen molar-refractivity contribution < 1.29 is 8.42 Å². The minimum absolute atomic E-state index is 0.391. The molecule has 1 atom stereocenters. The zero-order valence-electron chi connectivity index (χ0n) is 11.5. The molecule has 2 N–H and O–H groups in total. The molecule has 20 heavy (non-hydrogen) atoms. The summed E-state index contributed by atoms with van der Waals surface area (Å²) in [6.45, 7) is 3.91. The second kappa shape index (κ2) is 5.73. The van der Waals surface area contributed by atoms with Crippen molar-refractivity contribution in [3.8, 4) is 0 Å². The highest BCUT2D eigenvalue weighted by atomic mass is 32.2. The quantitative estimate of drug-likeness (QED) is 0.902. The minimum Gasteiger partial charge on any atom is -0.326 e. The molecule has 3 heterocycles. The molecule has 1 aromatic rings. The van der Waals surface area contributed by atoms with E-state index in [1.807, 2.05) is 5.38 Å². The maximum absolute atomic E-state index is 12.6. The molecule has 3 rings (SSSR count). The zero-order chi connectivity index (χ0) is 14.2. The number of hydrogen-bond acceptors (Lipinski definition) is 5. The van der Waals surface area contributed by atoms with Gasteiger partial charge >= 0.3 is 0 Å². The van der Waals surface area contributed by atoms with Gasteiger partial charge in [-0.3, -0.25) is 4.90 Å². The second-order valence-corrected chi connectivity index (χ2v) is 8.60. The third-order valence-electron chi connectivity index (χ3n) is 4.24. The standard InChI is InChI=1S/C13H21N3O2S2/c14-8-11-7-13(19-10-11)20(17,18)16-6-3-12(9-16)15-4-1-2-5-15/h7,10,12H,1-6,8-9,14H2. The molecule has 0 radical (unpaired) electrons. The Hall–Kier alpha value is -0.470. The predicted molar refractivity (Wildman–Crippen MR) is 80.2 cm³/mol. The van der Waals surface area contributed by atoms with E-state index in [1.54, 1.807) is 10.4 Å². The predicted octanol–water partition coefficient (Wildman–Crippen LogP) is 1.07. The molecule has 1 aromatic heterocycles. The molecule has 0 bridgehead atoms. The van der Waals surface area contributed by atoms with Gasteiger partial charge in [0.15, 0.2) is 0 Å². The fraction of sp³-hybridized carbons (Fsp3) is 0.692. The molecule has 0 saturated carbocycles. The fourth-order valence-electron chi connectivity index (χ4n) is 3.06. The highest BCUT2D eigenvalue weighted by molar-refractivity contribution is 7.91. The van der Waals surface area contributed by atoms with Gasteiger partial charge in [-0.1, -0.05) is 0 Å². The van der Waals surface area contributed by atoms with Gasteiger partial charge in [0.05, 0.1) is 0 Å². The number of hydrogen-bond donors (Lipinski definition) is 1. The van der Waals surface area contributed by atoms with E-state index < -0.39 is 10.0 Å². The number of thiophene rings is 1. The maximum atomic E-state index is 12.6. The van der Waals surface area contributed by atoms with Gasteiger partial charge in [0.25, 0.3) is 10.0 Å². The average molecular weight is 315 g/mol. The van der Waals surface area contributed by atoms with E-state index in [0.717, 1.165) is 25.1 Å². The Morgan fingerprint density at radius 2 is 2.05 bits per heavy atom. The van der Waals surface area contributed by atoms with Crippen LogP contribution >= 0.6 is 11.3 Å². The summed E-state index contributed by atoms with van der Waals surface area (Å²) in [4.78, 5) is 2.44. The number of nitrogens with two attached hydrogens (primary N) is 1. The lowest BCUT2D eigenvalue weighted by molar-refractivity contribution is 0.251. The van der Waals surface area contributed by atoms with Gasteiger partial charge in [-0.25, -0.2) is 8.42 Å². The molecule has 5 nitrogen and oxygen atoms in total. The van der Waals surface area contributed by atoms with Crippen LogP contribution in [0, 0.1) is 0 Å². The molecule has 0 aliphatic carbocycles. The van der Waals surface area contributed by atoms with Crippen molar-refractivity contribution in [2.24, 2.45) is 5.73 Å². The van der Waals surface area contributed by atoms with Crippen LogP contribution in [0.2, 0.25) is 0 Å². The van der Waals surface area contributed by atoms with Crippen molar-refractivity contribution in [2.45, 2.75) is 36.1 Å². The molecular weight excluding hydrogens is 294 g/mol. The number of rotatable bonds is 4. The Bertz CT molecular complexity index is 564. The Morgan fingerprint density at radius 1 is 1.30 bits per heavy atom. The van der Waals surface area contributed by atoms with Gasteiger partial charge in [-0.2, -0.15) is 4.31 Å². The van der Waals surface area contributed by atoms with E-state index in [2.05, 4.69) is 4.90 Å². The molecular formula is C13H21N3O2S2. The van der Waals surface area contributed by atoms with Gasteiger partial charge < -0.3 is 5.73 Å². The van der Waals surface area contributed by atoms with Crippen molar-refractivity contribution in [2.75, 3.05) is 26.2 Å². The van der Waals surface area contributed by atoms with Crippen molar-refractivity contribution in [1.82, 2.24) is 9.21 Å². The molecule has 0 aromatic carbocycles. The van der Waals surface area contributed by atoms with E-state index in [-0.39, 0.29) is 0 Å². The lowest BCUT2D eigenvalue weighted by Gasteiger charge is -2.23. The van der Waals surface area contributed by atoms with Crippen LogP contribution in [-0.4, -0.2) is 49.8 Å². The average Bonchev–Trinajstić information content (AvgIpc) is 3.18. The molecule has 2 aliphatic heterocycles. The van der Waals surface area contributed by atoms with E-state index >= 15 is 0 Å². The number of nitrogens with zero attached hydrogens (tertiary/aromatic N) is 2. The van der Waals surface area contributed by atoms with Crippen molar-refractivity contribution in [1.29, 1.82) is 0 Å². The van der Waals surface area contributed by atoms with Gasteiger partial charge in [0.2, 0.25) is 0 Å². The lowest BCUT2D eigenvalue weighted by Crippen LogP contribution is -2.36. The number of sulfonamides is 1. The first-order valence-electron chi connectivity index (χ1n) is 7.13. The van der Waals surface area contributed by atoms with Crippen LogP contribution in [0.5, 0.6) is 0 Å². The second-order valence-electron chi connectivity index (χ2n) is 5.53. The summed E-state index contributed by atoms with van der Waals surface area (Å²) in [5.74, 6) is 0. The number of likely N-dealkylation sites (tertiary alicyclic amines) is 1. The summed E-state index contributed by atoms with van der Waals surface area (Å²) in [6, 6.07) is 2.12. The summed E-state index contributed by atoms with van der Waals surface area (Å²) in [5.41, 5.74) is 6.45. The van der Waals surface area contributed by atoms with Gasteiger partial charge in [-0.05, 0) is 49.4 Å². The third kappa shape index (κ3) is 2.65. The van der Waals surface area contributed by atoms with Gasteiger partial charge in [-0.15, -0.1) is 11.3 Å². The highest BCUT2D eigenvalue weighted by Crippen LogP contribution is 2.28. The monoisotopic (exact) mass is 315 g/mol. The van der Waals surface area contributed by atoms with Crippen LogP contribution in [0.15, 0.2) is 15.7 Å². The summed E-state index contributed by atoms with van der Waals surface area (Å²) in [6.07, 6.45) is 3.44. The Balaban J connectivity index is 1.72. The maximum Gasteiger partial charge on any atom is 0.252 e. The molecule has 0 spiro atoms. The SMILES string of the molecule is NCc1csc(S(=O)(=O)N2CCC(N3CCCC3)C2)c1. The molecule has 1 unspecified atom stereocenters. The Kier molecular flexibility index (Phi) is 4.14. The third-order valence-corrected chi connectivity index (χ3v) is 7.57. The smallest absolute Gasteiger partial charge is 0.252 e. The lowest BCUT2D eigenvalue weighted by atomic mass is 10.2. The van der Waals surface area contributed by atoms with Gasteiger partial charge in [0, 0.05) is 25.7 Å². The molecule has 112 valence electrons. The largest absolute Gasteiger partial charge is 0.326 e. The van der Waals surface area contributed by atoms with Crippen LogP contribution in [0.25, 0.3) is 0 Å². The molecule has 2 fully saturated rings. The van der Waals surface area contributed by atoms with E-state index in [0.29, 0.717) is 29.9 Å². The summed E-state index contributed by atoms with van der Waals surface area (Å²) in [5, 5.41) is 1.83. The summed E-state index contributed by atoms with van der Waals surface area (Å²) in [7, 11) is -3.32. The first-order valence-corrected chi connectivity index (χ1v) is 9.45. The van der Waals surface area contributed by atoms with Crippen molar-refractivity contribution >= 4 is 21.4 Å². The van der Waals surface area contributed by atoms with E-state index in [9.17, 15) is 8.42 Å². The first kappa shape index (κ1) is 14.5. The van der Waals surface area contributed by atoms with Crippen LogP contribution in [0.1, 0.15) is 24.8 Å². The first-order chi connectivity index (χ1) is 9.61. The van der Waals surface area contributed by atoms with Crippen LogP contribution < -0.4 is 5.73 Å². The van der Waals surface area contributed by atoms with Crippen LogP contribution in [0.4, 0.5) is 0 Å². The summed E-state index contributed by atoms with van der Waals surface area (Å²) >= 11 is 1.28.